The molecule has 2 aliphatic heterocycles. The van der Waals surface area contributed by atoms with Gasteiger partial charge in [-0.3, -0.25) is 4.37 Å². The van der Waals surface area contributed by atoms with Crippen molar-refractivity contribution >= 4 is 108 Å². The Bertz CT molecular complexity index is 2350. The van der Waals surface area contributed by atoms with Crippen molar-refractivity contribution in [2.45, 2.75) is 164 Å². The number of aromatic amines is 1. The molecule has 2 aliphatic rings. The maximum absolute atomic E-state index is 5.33. The molecule has 0 spiro atoms. The lowest BCUT2D eigenvalue weighted by molar-refractivity contribution is 0.213. The van der Waals surface area contributed by atoms with Crippen molar-refractivity contribution < 1.29 is 0 Å². The van der Waals surface area contributed by atoms with Crippen LogP contribution in [0.2, 0.25) is 0 Å². The van der Waals surface area contributed by atoms with Gasteiger partial charge in [-0.1, -0.05) is 113 Å². The molecule has 1 N–H and O–H groups in total. The van der Waals surface area contributed by atoms with Crippen LogP contribution in [-0.4, -0.2) is 44.9 Å². The number of imidazole rings is 1. The fraction of sp³-hybridized carbons (Fsp3) is 0.648. The van der Waals surface area contributed by atoms with Crippen LogP contribution in [-0.2, 0) is 6.42 Å². The van der Waals surface area contributed by atoms with Crippen molar-refractivity contribution in [2.75, 3.05) is 36.0 Å². The number of fused-ring (bicyclic) bond motifs is 4. The largest absolute Gasteiger partial charge is 0.363 e. The molecule has 6 aromatic heterocycles. The highest BCUT2D eigenvalue weighted by atomic mass is 32.1. The molecular formula is C54H76N6S5. The molecule has 0 saturated carbocycles. The van der Waals surface area contributed by atoms with Crippen LogP contribution in [0.25, 0.3) is 61.7 Å². The van der Waals surface area contributed by atoms with Crippen molar-refractivity contribution in [1.29, 1.82) is 0 Å². The van der Waals surface area contributed by atoms with E-state index >= 15 is 0 Å². The van der Waals surface area contributed by atoms with Crippen LogP contribution in [0.4, 0.5) is 10.0 Å². The van der Waals surface area contributed by atoms with Crippen LogP contribution in [0.5, 0.6) is 0 Å². The number of benzene rings is 1. The van der Waals surface area contributed by atoms with E-state index in [-0.39, 0.29) is 0 Å². The molecule has 9 rings (SSSR count). The number of nitrogens with zero attached hydrogens (tertiary/aromatic N) is 5. The molecule has 2 fully saturated rings. The maximum atomic E-state index is 5.33. The number of H-pyrrole nitrogens is 1. The first-order valence-corrected chi connectivity index (χ1v) is 30.1. The van der Waals surface area contributed by atoms with Gasteiger partial charge in [-0.05, 0) is 105 Å². The van der Waals surface area contributed by atoms with Crippen LogP contribution >= 0.6 is 57.1 Å². The third-order valence-corrected chi connectivity index (χ3v) is 21.3. The number of hydrogen-bond acceptors (Lipinski definition) is 10. The minimum atomic E-state index is 0.874. The minimum Gasteiger partial charge on any atom is -0.363 e. The lowest BCUT2D eigenvalue weighted by Crippen LogP contribution is -2.36. The van der Waals surface area contributed by atoms with Crippen molar-refractivity contribution in [1.82, 2.24) is 18.7 Å². The number of hydrogen-bond donors (Lipinski definition) is 1. The van der Waals surface area contributed by atoms with Crippen LogP contribution in [0.15, 0.2) is 24.3 Å². The fourth-order valence-corrected chi connectivity index (χ4v) is 17.5. The molecule has 7 aromatic rings. The van der Waals surface area contributed by atoms with E-state index in [0.29, 0.717) is 0 Å². The highest BCUT2D eigenvalue weighted by Crippen LogP contribution is 2.51. The molecule has 0 amide bonds. The van der Waals surface area contributed by atoms with E-state index in [4.69, 9.17) is 14.3 Å². The van der Waals surface area contributed by atoms with Gasteiger partial charge in [-0.15, -0.1) is 45.3 Å². The Balaban J connectivity index is 0.931. The first-order chi connectivity index (χ1) is 31.9. The zero-order valence-corrected chi connectivity index (χ0v) is 44.7. The molecule has 352 valence electrons. The average molecular weight is 970 g/mol. The van der Waals surface area contributed by atoms with Gasteiger partial charge < -0.3 is 9.80 Å². The Labute approximate surface area is 410 Å². The number of thiophene rings is 4. The molecule has 4 unspecified atom stereocenters. The Morgan fingerprint density at radius 1 is 0.569 bits per heavy atom. The first-order valence-electron chi connectivity index (χ1n) is 26.1. The summed E-state index contributed by atoms with van der Waals surface area (Å²) in [5, 5.41) is 2.89. The third kappa shape index (κ3) is 10.1. The van der Waals surface area contributed by atoms with E-state index in [9.17, 15) is 0 Å². The predicted molar refractivity (Wildman–Crippen MR) is 292 cm³/mol. The molecule has 1 aromatic carbocycles. The second-order valence-corrected chi connectivity index (χ2v) is 24.8. The molecule has 4 atom stereocenters. The van der Waals surface area contributed by atoms with Gasteiger partial charge in [-0.25, -0.2) is 9.97 Å². The van der Waals surface area contributed by atoms with Crippen LogP contribution in [0, 0.1) is 35.5 Å². The molecule has 2 saturated heterocycles. The van der Waals surface area contributed by atoms with Gasteiger partial charge >= 0.3 is 0 Å². The summed E-state index contributed by atoms with van der Waals surface area (Å²) in [4.78, 5) is 18.6. The number of aromatic nitrogens is 4. The van der Waals surface area contributed by atoms with E-state index < -0.39 is 0 Å². The summed E-state index contributed by atoms with van der Waals surface area (Å²) in [5.41, 5.74) is 6.49. The van der Waals surface area contributed by atoms with E-state index in [0.717, 1.165) is 81.8 Å². The SMILES string of the molecule is CCCCC(CC)CC(CC)C1CCN(c2cc3sc(-c4c5nc(CCC)nc5c(-c5cc6sc(N7CCC(C(CC)CC(CC)CCCC)CC7)cc6s5)c5[nH]snc45)cc3s2)CC1. The molecule has 65 heavy (non-hydrogen) atoms. The zero-order valence-electron chi connectivity index (χ0n) is 40.6. The highest BCUT2D eigenvalue weighted by molar-refractivity contribution is 7.32. The predicted octanol–water partition coefficient (Wildman–Crippen LogP) is 18.1. The lowest BCUT2D eigenvalue weighted by Gasteiger charge is -2.37. The van der Waals surface area contributed by atoms with Gasteiger partial charge in [-0.2, -0.15) is 4.37 Å². The average Bonchev–Trinajstić information content (AvgIpc) is 4.20. The summed E-state index contributed by atoms with van der Waals surface area (Å²) in [6.07, 6.45) is 23.7. The number of nitrogens with one attached hydrogen (secondary N) is 1. The van der Waals surface area contributed by atoms with Crippen molar-refractivity contribution in [3.05, 3.63) is 30.1 Å². The summed E-state index contributed by atoms with van der Waals surface area (Å²) in [7, 11) is 0. The molecule has 0 radical (unpaired) electrons. The van der Waals surface area contributed by atoms with Gasteiger partial charge in [0, 0.05) is 84.0 Å². The summed E-state index contributed by atoms with van der Waals surface area (Å²) in [6, 6.07) is 9.83. The number of rotatable bonds is 22. The molecule has 0 bridgehead atoms. The summed E-state index contributed by atoms with van der Waals surface area (Å²) in [6.45, 7) is 21.4. The third-order valence-electron chi connectivity index (χ3n) is 16.0. The molecule has 0 aliphatic carbocycles. The standard InChI is InChI=1S/C54H76N6S5/c1-8-15-18-34(11-4)28-36(13-6)38-20-24-59(25-21-38)47-32-42-40(63-47)30-44(61-42)49-51-52(56-46(55-51)17-10-3)50(54-53(49)57-65-58-54)45-31-41-43(62-45)33-48(64-41)60-26-22-39(23-27-60)37(14-7)29-35(12-5)19-16-9-2/h30-39,57H,8-29H2,1-7H3. The van der Waals surface area contributed by atoms with Gasteiger partial charge in [0.15, 0.2) is 0 Å². The van der Waals surface area contributed by atoms with Crippen molar-refractivity contribution in [3.8, 4) is 20.9 Å². The number of piperidine rings is 2. The van der Waals surface area contributed by atoms with Gasteiger partial charge in [0.05, 0.1) is 15.5 Å². The summed E-state index contributed by atoms with van der Waals surface area (Å²) >= 11 is 9.25. The maximum Gasteiger partial charge on any atom is 0.129 e. The Morgan fingerprint density at radius 2 is 1.05 bits per heavy atom. The zero-order chi connectivity index (χ0) is 45.0. The normalized spacial score (nSPS) is 17.7. The summed E-state index contributed by atoms with van der Waals surface area (Å²) < 4.78 is 14.3. The Hall–Kier alpha value is -2.57. The monoisotopic (exact) mass is 968 g/mol. The van der Waals surface area contributed by atoms with Crippen LogP contribution in [0.1, 0.15) is 163 Å². The number of aryl methyl sites for hydroxylation is 1. The first kappa shape index (κ1) is 47.5. The van der Waals surface area contributed by atoms with Crippen molar-refractivity contribution in [3.63, 3.8) is 0 Å². The topological polar surface area (TPSA) is 60.9 Å². The quantitative estimate of drug-likeness (QED) is 0.0733. The Morgan fingerprint density at radius 3 is 1.49 bits per heavy atom. The van der Waals surface area contributed by atoms with Gasteiger partial charge in [0.1, 0.15) is 22.4 Å². The van der Waals surface area contributed by atoms with Gasteiger partial charge in [0.2, 0.25) is 0 Å². The van der Waals surface area contributed by atoms with Crippen LogP contribution < -0.4 is 9.80 Å². The fourth-order valence-electron chi connectivity index (χ4n) is 11.9. The summed E-state index contributed by atoms with van der Waals surface area (Å²) in [5.74, 6) is 6.28. The van der Waals surface area contributed by atoms with E-state index in [2.05, 4.69) is 86.9 Å². The number of unbranched alkanes of at least 4 members (excludes halogenated alkanes) is 2. The molecule has 8 heterocycles. The molecule has 6 nitrogen and oxygen atoms in total. The highest BCUT2D eigenvalue weighted by Gasteiger charge is 2.31. The minimum absolute atomic E-state index is 0.874. The van der Waals surface area contributed by atoms with E-state index in [1.54, 1.807) is 0 Å². The number of anilines is 2. The second kappa shape index (κ2) is 21.8. The lowest BCUT2D eigenvalue weighted by atomic mass is 9.76. The molecular weight excluding hydrogens is 893 g/mol. The Kier molecular flexibility index (Phi) is 15.9. The van der Waals surface area contributed by atoms with Crippen molar-refractivity contribution in [2.24, 2.45) is 35.5 Å². The second-order valence-electron chi connectivity index (χ2n) is 20.0. The van der Waals surface area contributed by atoms with E-state index in [1.807, 2.05) is 45.3 Å². The van der Waals surface area contributed by atoms with Crippen LogP contribution in [0.3, 0.4) is 0 Å². The van der Waals surface area contributed by atoms with Gasteiger partial charge in [0.25, 0.3) is 0 Å². The molecule has 11 heteroatoms. The van der Waals surface area contributed by atoms with E-state index in [1.165, 1.54) is 185 Å². The smallest absolute Gasteiger partial charge is 0.129 e.